The first-order valence-corrected chi connectivity index (χ1v) is 6.53. The predicted octanol–water partition coefficient (Wildman–Crippen LogP) is 1.33. The summed E-state index contributed by atoms with van der Waals surface area (Å²) in [6.45, 7) is 0. The van der Waals surface area contributed by atoms with Crippen molar-refractivity contribution in [1.82, 2.24) is 10.3 Å². The second kappa shape index (κ2) is 5.43. The number of alkyl halides is 1. The van der Waals surface area contributed by atoms with Crippen molar-refractivity contribution < 1.29 is 14.0 Å². The second-order valence-corrected chi connectivity index (χ2v) is 4.50. The van der Waals surface area contributed by atoms with E-state index in [1.807, 2.05) is 0 Å². The van der Waals surface area contributed by atoms with Crippen molar-refractivity contribution in [2.75, 3.05) is 5.32 Å². The van der Waals surface area contributed by atoms with E-state index >= 15 is 0 Å². The summed E-state index contributed by atoms with van der Waals surface area (Å²) in [6, 6.07) is 1.03. The maximum atomic E-state index is 13.2. The Hall–Kier alpha value is -1.50. The quantitative estimate of drug-likeness (QED) is 0.652. The highest BCUT2D eigenvalue weighted by Crippen LogP contribution is 2.17. The van der Waals surface area contributed by atoms with E-state index in [4.69, 9.17) is 0 Å². The molecule has 1 atom stereocenters. The lowest BCUT2D eigenvalue weighted by Gasteiger charge is -2.22. The molecule has 0 spiro atoms. The first kappa shape index (κ1) is 12.9. The zero-order valence-electron chi connectivity index (χ0n) is 9.37. The van der Waals surface area contributed by atoms with Crippen molar-refractivity contribution in [3.05, 3.63) is 23.6 Å². The number of pyridine rings is 1. The minimum absolute atomic E-state index is 0.272. The van der Waals surface area contributed by atoms with Crippen LogP contribution in [0, 0.1) is 5.82 Å². The van der Waals surface area contributed by atoms with Gasteiger partial charge in [-0.05, 0) is 12.5 Å². The number of rotatable bonds is 3. The van der Waals surface area contributed by atoms with Gasteiger partial charge >= 0.3 is 0 Å². The Balaban J connectivity index is 2.09. The van der Waals surface area contributed by atoms with Gasteiger partial charge < -0.3 is 5.32 Å². The fraction of sp³-hybridized carbons (Fsp3) is 0.364. The van der Waals surface area contributed by atoms with Crippen LogP contribution in [0.2, 0.25) is 0 Å². The van der Waals surface area contributed by atoms with Gasteiger partial charge in [0.05, 0.1) is 6.20 Å². The molecule has 2 amide bonds. The minimum Gasteiger partial charge on any atom is -0.358 e. The van der Waals surface area contributed by atoms with Crippen LogP contribution in [-0.2, 0) is 14.9 Å². The van der Waals surface area contributed by atoms with E-state index < -0.39 is 11.9 Å². The van der Waals surface area contributed by atoms with E-state index in [2.05, 4.69) is 31.5 Å². The molecule has 1 aliphatic heterocycles. The van der Waals surface area contributed by atoms with Gasteiger partial charge in [0.1, 0.15) is 17.7 Å². The maximum Gasteiger partial charge on any atom is 0.249 e. The molecule has 18 heavy (non-hydrogen) atoms. The smallest absolute Gasteiger partial charge is 0.249 e. The van der Waals surface area contributed by atoms with Crippen molar-refractivity contribution >= 4 is 33.6 Å². The highest BCUT2D eigenvalue weighted by Gasteiger charge is 2.26. The summed E-state index contributed by atoms with van der Waals surface area (Å²) in [7, 11) is 0. The molecule has 1 aromatic heterocycles. The van der Waals surface area contributed by atoms with Gasteiger partial charge in [-0.1, -0.05) is 15.9 Å². The molecule has 1 fully saturated rings. The van der Waals surface area contributed by atoms with Crippen LogP contribution in [0.3, 0.4) is 0 Å². The van der Waals surface area contributed by atoms with Gasteiger partial charge in [-0.2, -0.15) is 0 Å². The van der Waals surface area contributed by atoms with Gasteiger partial charge in [-0.15, -0.1) is 0 Å². The van der Waals surface area contributed by atoms with Crippen LogP contribution < -0.4 is 10.6 Å². The van der Waals surface area contributed by atoms with Gasteiger partial charge in [0.2, 0.25) is 11.8 Å². The Kier molecular flexibility index (Phi) is 3.90. The second-order valence-electron chi connectivity index (χ2n) is 3.94. The maximum absolute atomic E-state index is 13.2. The Morgan fingerprint density at radius 1 is 1.56 bits per heavy atom. The van der Waals surface area contributed by atoms with Crippen LogP contribution in [0.25, 0.3) is 0 Å². The van der Waals surface area contributed by atoms with Crippen LogP contribution in [0.1, 0.15) is 18.4 Å². The number of nitrogens with one attached hydrogen (secondary N) is 2. The normalized spacial score (nSPS) is 19.6. The molecule has 2 N–H and O–H groups in total. The Labute approximate surface area is 111 Å². The average molecular weight is 316 g/mol. The first-order chi connectivity index (χ1) is 8.60. The Bertz CT molecular complexity index is 495. The predicted molar refractivity (Wildman–Crippen MR) is 66.6 cm³/mol. The van der Waals surface area contributed by atoms with Gasteiger partial charge in [-0.3, -0.25) is 14.9 Å². The molecule has 0 radical (unpaired) electrons. The zero-order chi connectivity index (χ0) is 13.1. The molecular weight excluding hydrogens is 305 g/mol. The molecule has 0 saturated carbocycles. The lowest BCUT2D eigenvalue weighted by Crippen LogP contribution is -2.47. The van der Waals surface area contributed by atoms with Crippen LogP contribution in [-0.4, -0.2) is 22.8 Å². The number of piperidine rings is 1. The van der Waals surface area contributed by atoms with E-state index in [9.17, 15) is 14.0 Å². The van der Waals surface area contributed by atoms with Crippen LogP contribution >= 0.6 is 15.9 Å². The molecule has 0 aliphatic carbocycles. The topological polar surface area (TPSA) is 71.1 Å². The summed E-state index contributed by atoms with van der Waals surface area (Å²) in [4.78, 5) is 26.4. The lowest BCUT2D eigenvalue weighted by atomic mass is 10.1. The third-order valence-electron chi connectivity index (χ3n) is 2.64. The van der Waals surface area contributed by atoms with Crippen LogP contribution in [0.5, 0.6) is 0 Å². The summed E-state index contributed by atoms with van der Waals surface area (Å²) >= 11 is 3.17. The Morgan fingerprint density at radius 3 is 3.00 bits per heavy atom. The minimum atomic E-state index is -0.510. The fourth-order valence-corrected chi connectivity index (χ4v) is 2.10. The third-order valence-corrected chi connectivity index (χ3v) is 3.24. The standard InChI is InChI=1S/C11H11BrFN3O2/c12-4-6-3-9(14-5-7(6)13)15-8-1-2-10(17)16-11(8)18/h3,5,8H,1-2,4H2,(H,14,15)(H,16,17,18). The zero-order valence-corrected chi connectivity index (χ0v) is 11.0. The number of hydrogen-bond acceptors (Lipinski definition) is 4. The summed E-state index contributed by atoms with van der Waals surface area (Å²) in [5.41, 5.74) is 0.458. The molecule has 1 aliphatic rings. The molecule has 1 aromatic rings. The van der Waals surface area contributed by atoms with E-state index in [0.717, 1.165) is 6.20 Å². The van der Waals surface area contributed by atoms with E-state index in [1.165, 1.54) is 6.07 Å². The summed E-state index contributed by atoms with van der Waals surface area (Å²) in [6.07, 6.45) is 1.80. The van der Waals surface area contributed by atoms with Crippen molar-refractivity contribution in [3.63, 3.8) is 0 Å². The highest BCUT2D eigenvalue weighted by atomic mass is 79.9. The summed E-state index contributed by atoms with van der Waals surface area (Å²) < 4.78 is 13.2. The molecule has 0 bridgehead atoms. The molecule has 5 nitrogen and oxygen atoms in total. The number of nitrogens with zero attached hydrogens (tertiary/aromatic N) is 1. The highest BCUT2D eigenvalue weighted by molar-refractivity contribution is 9.08. The first-order valence-electron chi connectivity index (χ1n) is 5.41. The molecule has 7 heteroatoms. The van der Waals surface area contributed by atoms with Crippen molar-refractivity contribution in [3.8, 4) is 0 Å². The number of aromatic nitrogens is 1. The molecule has 2 rings (SSSR count). The van der Waals surface area contributed by atoms with E-state index in [0.29, 0.717) is 23.1 Å². The summed E-state index contributed by atoms with van der Waals surface area (Å²) in [5, 5.41) is 5.49. The number of amides is 2. The average Bonchev–Trinajstić information content (AvgIpc) is 2.35. The number of anilines is 1. The fourth-order valence-electron chi connectivity index (χ4n) is 1.67. The SMILES string of the molecule is O=C1CCC(Nc2cc(CBr)c(F)cn2)C(=O)N1. The van der Waals surface area contributed by atoms with E-state index in [1.54, 1.807) is 0 Å². The monoisotopic (exact) mass is 315 g/mol. The molecule has 1 saturated heterocycles. The third kappa shape index (κ3) is 2.84. The molecular formula is C11H11BrFN3O2. The van der Waals surface area contributed by atoms with Gasteiger partial charge in [0.15, 0.2) is 0 Å². The van der Waals surface area contributed by atoms with Crippen molar-refractivity contribution in [2.45, 2.75) is 24.2 Å². The summed E-state index contributed by atoms with van der Waals surface area (Å²) in [5.74, 6) is -0.634. The lowest BCUT2D eigenvalue weighted by molar-refractivity contribution is -0.133. The molecule has 0 aromatic carbocycles. The van der Waals surface area contributed by atoms with Crippen molar-refractivity contribution in [2.24, 2.45) is 0 Å². The van der Waals surface area contributed by atoms with Crippen LogP contribution in [0.4, 0.5) is 10.2 Å². The largest absolute Gasteiger partial charge is 0.358 e. The molecule has 2 heterocycles. The number of imide groups is 1. The number of halogens is 2. The van der Waals surface area contributed by atoms with Gasteiger partial charge in [-0.25, -0.2) is 9.37 Å². The van der Waals surface area contributed by atoms with Crippen LogP contribution in [0.15, 0.2) is 12.3 Å². The molecule has 96 valence electrons. The number of hydrogen-bond donors (Lipinski definition) is 2. The molecule has 1 unspecified atom stereocenters. The van der Waals surface area contributed by atoms with Gasteiger partial charge in [0.25, 0.3) is 0 Å². The van der Waals surface area contributed by atoms with E-state index in [-0.39, 0.29) is 18.2 Å². The number of carbonyl (C=O) groups excluding carboxylic acids is 2. The Morgan fingerprint density at radius 2 is 2.33 bits per heavy atom. The van der Waals surface area contributed by atoms with Gasteiger partial charge in [0, 0.05) is 17.3 Å². The van der Waals surface area contributed by atoms with Crippen molar-refractivity contribution in [1.29, 1.82) is 0 Å². The number of carbonyl (C=O) groups is 2.